The molecule has 0 spiro atoms. The molecule has 8 nitrogen and oxygen atoms in total. The van der Waals surface area contributed by atoms with Crippen LogP contribution in [-0.4, -0.2) is 56.3 Å². The number of imidazole rings is 1. The van der Waals surface area contributed by atoms with E-state index >= 15 is 0 Å². The summed E-state index contributed by atoms with van der Waals surface area (Å²) >= 11 is 7.09. The third kappa shape index (κ3) is 5.69. The molecule has 0 amide bonds. The summed E-state index contributed by atoms with van der Waals surface area (Å²) in [7, 11) is 0. The third-order valence-corrected chi connectivity index (χ3v) is 8.36. The maximum absolute atomic E-state index is 14.1. The number of thiophene rings is 1. The normalized spacial score (nSPS) is 17.7. The molecule has 11 heteroatoms. The molecule has 2 aliphatic heterocycles. The molecule has 39 heavy (non-hydrogen) atoms. The number of carboxylic acid groups (broad SMARTS) is 1. The molecule has 1 N–H and O–H groups in total. The molecule has 1 saturated heterocycles. The fraction of sp³-hybridized carbons (Fsp3) is 0.321. The van der Waals surface area contributed by atoms with Crippen molar-refractivity contribution in [2.75, 3.05) is 19.7 Å². The van der Waals surface area contributed by atoms with Crippen molar-refractivity contribution in [2.24, 2.45) is 0 Å². The first-order chi connectivity index (χ1) is 18.9. The fourth-order valence-electron chi connectivity index (χ4n) is 4.76. The highest BCUT2D eigenvalue weighted by Gasteiger charge is 2.25. The van der Waals surface area contributed by atoms with Crippen LogP contribution in [0.1, 0.15) is 39.6 Å². The molecule has 1 unspecified atom stereocenters. The Hall–Kier alpha value is -3.31. The topological polar surface area (TPSA) is 89.7 Å². The van der Waals surface area contributed by atoms with Gasteiger partial charge in [0.05, 0.1) is 24.9 Å². The second-order valence-electron chi connectivity index (χ2n) is 9.63. The van der Waals surface area contributed by atoms with Crippen LogP contribution in [0.25, 0.3) is 15.9 Å². The molecule has 5 heterocycles. The highest BCUT2D eigenvalue weighted by atomic mass is 35.5. The lowest BCUT2D eigenvalue weighted by Crippen LogP contribution is -2.33. The quantitative estimate of drug-likeness (QED) is 0.279. The average Bonchev–Trinajstić information content (AvgIpc) is 3.45. The molecule has 6 rings (SSSR count). The van der Waals surface area contributed by atoms with Crippen LogP contribution in [0.15, 0.2) is 48.5 Å². The van der Waals surface area contributed by atoms with Crippen LogP contribution in [0, 0.1) is 5.82 Å². The van der Waals surface area contributed by atoms with Gasteiger partial charge in [-0.15, -0.1) is 11.3 Å². The van der Waals surface area contributed by atoms with E-state index < -0.39 is 11.8 Å². The van der Waals surface area contributed by atoms with Crippen molar-refractivity contribution in [3.05, 3.63) is 81.3 Å². The summed E-state index contributed by atoms with van der Waals surface area (Å²) in [6, 6.07) is 11.8. The van der Waals surface area contributed by atoms with Crippen molar-refractivity contribution in [1.29, 1.82) is 0 Å². The number of halogens is 2. The van der Waals surface area contributed by atoms with Crippen LogP contribution in [0.5, 0.6) is 5.88 Å². The molecule has 3 aromatic heterocycles. The molecule has 2 aliphatic rings. The van der Waals surface area contributed by atoms with Crippen molar-refractivity contribution in [3.8, 4) is 5.88 Å². The Kier molecular flexibility index (Phi) is 7.35. The first-order valence-corrected chi connectivity index (χ1v) is 13.9. The van der Waals surface area contributed by atoms with Crippen molar-refractivity contribution in [2.45, 2.75) is 38.6 Å². The molecular formula is C28H26ClFN4O4S. The van der Waals surface area contributed by atoms with E-state index in [1.165, 1.54) is 17.4 Å². The van der Waals surface area contributed by atoms with Gasteiger partial charge in [0.1, 0.15) is 33.5 Å². The third-order valence-electron chi connectivity index (χ3n) is 6.99. The summed E-state index contributed by atoms with van der Waals surface area (Å²) in [4.78, 5) is 24.4. The molecule has 0 bridgehead atoms. The van der Waals surface area contributed by atoms with Crippen molar-refractivity contribution in [3.63, 3.8) is 0 Å². The Morgan fingerprint density at radius 3 is 2.85 bits per heavy atom. The molecule has 0 aliphatic carbocycles. The predicted octanol–water partition coefficient (Wildman–Crippen LogP) is 5.64. The highest BCUT2D eigenvalue weighted by molar-refractivity contribution is 7.20. The smallest absolute Gasteiger partial charge is 0.346 e. The molecule has 0 radical (unpaired) electrons. The van der Waals surface area contributed by atoms with E-state index in [2.05, 4.69) is 20.5 Å². The number of hydrogen-bond acceptors (Lipinski definition) is 7. The lowest BCUT2D eigenvalue weighted by atomic mass is 10.0. The van der Waals surface area contributed by atoms with Crippen LogP contribution in [0.3, 0.4) is 0 Å². The summed E-state index contributed by atoms with van der Waals surface area (Å²) in [5, 5.41) is 9.75. The number of pyridine rings is 1. The van der Waals surface area contributed by atoms with Gasteiger partial charge in [-0.1, -0.05) is 29.8 Å². The van der Waals surface area contributed by atoms with Crippen LogP contribution >= 0.6 is 22.9 Å². The summed E-state index contributed by atoms with van der Waals surface area (Å²) < 4.78 is 27.6. The first kappa shape index (κ1) is 25.9. The monoisotopic (exact) mass is 568 g/mol. The predicted molar refractivity (Wildman–Crippen MR) is 147 cm³/mol. The van der Waals surface area contributed by atoms with Gasteiger partial charge in [0.2, 0.25) is 5.88 Å². The maximum Gasteiger partial charge on any atom is 0.346 e. The number of benzene rings is 1. The zero-order valence-electron chi connectivity index (χ0n) is 21.0. The Labute approximate surface area is 233 Å². The number of rotatable bonds is 9. The van der Waals surface area contributed by atoms with E-state index in [0.717, 1.165) is 60.0 Å². The SMILES string of the molecule is O=C(O)c1cc2nc(CN3CC=C(c4cccc(OCc5ccc(Cl)cc5F)n4)CC3)n(CC3CCO3)c2s1. The standard InChI is InChI=1S/C28H26ClFN4O4S/c29-19-5-4-18(21(30)12-19)16-38-26-3-1-2-22(32-26)17-6-9-33(10-7-17)15-25-31-23-13-24(28(35)36)39-27(23)34(25)14-20-8-11-37-20/h1-6,12-13,20H,7-11,14-16H2,(H,35,36). The van der Waals surface area contributed by atoms with E-state index in [0.29, 0.717) is 34.4 Å². The zero-order chi connectivity index (χ0) is 26.9. The Morgan fingerprint density at radius 1 is 1.26 bits per heavy atom. The Morgan fingerprint density at radius 2 is 2.13 bits per heavy atom. The minimum absolute atomic E-state index is 0.0657. The van der Waals surface area contributed by atoms with Crippen LogP contribution in [0.2, 0.25) is 5.02 Å². The van der Waals surface area contributed by atoms with E-state index in [4.69, 9.17) is 26.1 Å². The Bertz CT molecular complexity index is 1560. The van der Waals surface area contributed by atoms with Crippen molar-refractivity contribution < 1.29 is 23.8 Å². The minimum Gasteiger partial charge on any atom is -0.477 e. The summed E-state index contributed by atoms with van der Waals surface area (Å²) in [6.07, 6.45) is 4.12. The number of ether oxygens (including phenoxy) is 2. The van der Waals surface area contributed by atoms with Crippen LogP contribution < -0.4 is 4.74 Å². The van der Waals surface area contributed by atoms with Crippen LogP contribution in [0.4, 0.5) is 4.39 Å². The second kappa shape index (κ2) is 11.1. The van der Waals surface area contributed by atoms with E-state index in [-0.39, 0.29) is 12.7 Å². The molecule has 1 atom stereocenters. The molecule has 202 valence electrons. The minimum atomic E-state index is -0.931. The van der Waals surface area contributed by atoms with Crippen molar-refractivity contribution in [1.82, 2.24) is 19.4 Å². The molecule has 1 aromatic carbocycles. The van der Waals surface area contributed by atoms with Gasteiger partial charge >= 0.3 is 5.97 Å². The first-order valence-electron chi connectivity index (χ1n) is 12.7. The zero-order valence-corrected chi connectivity index (χ0v) is 22.6. The van der Waals surface area contributed by atoms with E-state index in [1.807, 2.05) is 12.1 Å². The average molecular weight is 569 g/mol. The number of aromatic nitrogens is 3. The largest absolute Gasteiger partial charge is 0.477 e. The lowest BCUT2D eigenvalue weighted by Gasteiger charge is -2.29. The fourth-order valence-corrected chi connectivity index (χ4v) is 5.88. The molecule has 0 saturated carbocycles. The van der Waals surface area contributed by atoms with E-state index in [1.54, 1.807) is 24.3 Å². The Balaban J connectivity index is 1.13. The van der Waals surface area contributed by atoms with Crippen LogP contribution in [-0.2, 0) is 24.4 Å². The number of hydrogen-bond donors (Lipinski definition) is 1. The number of fused-ring (bicyclic) bond motifs is 1. The maximum atomic E-state index is 14.1. The van der Waals surface area contributed by atoms with Gasteiger partial charge in [-0.3, -0.25) is 4.90 Å². The molecular weight excluding hydrogens is 543 g/mol. The van der Waals surface area contributed by atoms with E-state index in [9.17, 15) is 14.3 Å². The van der Waals surface area contributed by atoms with Gasteiger partial charge in [0, 0.05) is 36.3 Å². The van der Waals surface area contributed by atoms with Gasteiger partial charge < -0.3 is 19.1 Å². The van der Waals surface area contributed by atoms with Gasteiger partial charge in [-0.05, 0) is 42.7 Å². The van der Waals surface area contributed by atoms with Gasteiger partial charge in [-0.25, -0.2) is 19.2 Å². The second-order valence-corrected chi connectivity index (χ2v) is 11.1. The highest BCUT2D eigenvalue weighted by Crippen LogP contribution is 2.30. The lowest BCUT2D eigenvalue weighted by molar-refractivity contribution is -0.0591. The molecule has 4 aromatic rings. The molecule has 1 fully saturated rings. The summed E-state index contributed by atoms with van der Waals surface area (Å²) in [6.45, 7) is 3.73. The van der Waals surface area contributed by atoms with Gasteiger partial charge in [0.15, 0.2) is 0 Å². The summed E-state index contributed by atoms with van der Waals surface area (Å²) in [5.41, 5.74) is 3.11. The number of nitrogens with zero attached hydrogens (tertiary/aromatic N) is 4. The number of carbonyl (C=O) groups is 1. The van der Waals surface area contributed by atoms with Crippen molar-refractivity contribution >= 4 is 44.8 Å². The number of aromatic carboxylic acids is 1. The van der Waals surface area contributed by atoms with Gasteiger partial charge in [0.25, 0.3) is 0 Å². The van der Waals surface area contributed by atoms with Gasteiger partial charge in [-0.2, -0.15) is 0 Å². The number of carboxylic acids is 1. The summed E-state index contributed by atoms with van der Waals surface area (Å²) in [5.74, 6) is 0.0198.